The van der Waals surface area contributed by atoms with Gasteiger partial charge in [-0.15, -0.1) is 0 Å². The van der Waals surface area contributed by atoms with E-state index in [-0.39, 0.29) is 31.1 Å². The Bertz CT molecular complexity index is 751. The third kappa shape index (κ3) is 36.0. The van der Waals surface area contributed by atoms with E-state index >= 15 is 0 Å². The van der Waals surface area contributed by atoms with Crippen LogP contribution in [0.1, 0.15) is 227 Å². The lowest BCUT2D eigenvalue weighted by Crippen LogP contribution is -2.30. The monoisotopic (exact) mass is 695 g/mol. The summed E-state index contributed by atoms with van der Waals surface area (Å²) >= 11 is 0. The van der Waals surface area contributed by atoms with Crippen molar-refractivity contribution in [1.29, 1.82) is 0 Å². The van der Waals surface area contributed by atoms with Crippen molar-refractivity contribution in [3.8, 4) is 0 Å². The molecule has 0 aliphatic carbocycles. The number of hydrogen-bond acceptors (Lipinski definition) is 6. The van der Waals surface area contributed by atoms with Crippen LogP contribution < -0.4 is 0 Å². The summed E-state index contributed by atoms with van der Waals surface area (Å²) in [5.41, 5.74) is 0. The van der Waals surface area contributed by atoms with Gasteiger partial charge in [0, 0.05) is 19.3 Å². The molecule has 0 radical (unpaired) electrons. The first-order valence-corrected chi connectivity index (χ1v) is 21.3. The van der Waals surface area contributed by atoms with E-state index in [1.165, 1.54) is 109 Å². The van der Waals surface area contributed by atoms with Crippen LogP contribution in [-0.2, 0) is 28.6 Å². The summed E-state index contributed by atoms with van der Waals surface area (Å²) < 4.78 is 16.6. The molecular formula is C43H82O6. The van der Waals surface area contributed by atoms with Gasteiger partial charge in [0.25, 0.3) is 0 Å². The first-order valence-electron chi connectivity index (χ1n) is 21.3. The number of ether oxygens (including phenoxy) is 3. The SMILES string of the molecule is CCCCCCCC(=O)OC[C@H](COC(=O)CCCCCCCCC(C)CC)OC(=O)CCCCCCCCCCCCCCCC(C)C. The molecule has 0 heterocycles. The van der Waals surface area contributed by atoms with Gasteiger partial charge in [-0.2, -0.15) is 0 Å². The van der Waals surface area contributed by atoms with Gasteiger partial charge in [-0.1, -0.05) is 189 Å². The van der Waals surface area contributed by atoms with Crippen LogP contribution in [0.15, 0.2) is 0 Å². The lowest BCUT2D eigenvalue weighted by Gasteiger charge is -2.18. The lowest BCUT2D eigenvalue weighted by atomic mass is 10.00. The largest absolute Gasteiger partial charge is 0.462 e. The summed E-state index contributed by atoms with van der Waals surface area (Å²) in [5.74, 6) is 0.775. The van der Waals surface area contributed by atoms with Crippen molar-refractivity contribution in [1.82, 2.24) is 0 Å². The average molecular weight is 695 g/mol. The standard InChI is InChI=1S/C43H82O6/c1-6-8-9-21-28-33-41(44)47-36-40(37-48-42(45)34-29-24-20-19-23-27-32-39(5)7-2)49-43(46)35-30-25-18-16-14-12-10-11-13-15-17-22-26-31-38(3)4/h38-40H,6-37H2,1-5H3/t39?,40-/m1/s1. The molecule has 0 aliphatic heterocycles. The maximum atomic E-state index is 12.6. The minimum Gasteiger partial charge on any atom is -0.462 e. The van der Waals surface area contributed by atoms with E-state index < -0.39 is 6.10 Å². The molecular weight excluding hydrogens is 612 g/mol. The van der Waals surface area contributed by atoms with Crippen LogP contribution in [0.4, 0.5) is 0 Å². The predicted molar refractivity (Wildman–Crippen MR) is 206 cm³/mol. The second-order valence-electron chi connectivity index (χ2n) is 15.3. The number of carbonyl (C=O) groups excluding carboxylic acids is 3. The highest BCUT2D eigenvalue weighted by Crippen LogP contribution is 2.17. The maximum Gasteiger partial charge on any atom is 0.306 e. The topological polar surface area (TPSA) is 78.9 Å². The van der Waals surface area contributed by atoms with E-state index in [9.17, 15) is 14.4 Å². The molecule has 0 N–H and O–H groups in total. The Morgan fingerprint density at radius 2 is 0.776 bits per heavy atom. The molecule has 290 valence electrons. The molecule has 49 heavy (non-hydrogen) atoms. The van der Waals surface area contributed by atoms with E-state index in [1.54, 1.807) is 0 Å². The second kappa shape index (κ2) is 36.2. The van der Waals surface area contributed by atoms with Gasteiger partial charge in [0.05, 0.1) is 0 Å². The quantitative estimate of drug-likeness (QED) is 0.0366. The predicted octanol–water partition coefficient (Wildman–Crippen LogP) is 13.0. The van der Waals surface area contributed by atoms with E-state index in [0.717, 1.165) is 76.0 Å². The second-order valence-corrected chi connectivity index (χ2v) is 15.3. The van der Waals surface area contributed by atoms with Crippen LogP contribution in [-0.4, -0.2) is 37.2 Å². The van der Waals surface area contributed by atoms with Crippen molar-refractivity contribution in [3.63, 3.8) is 0 Å². The number of hydrogen-bond donors (Lipinski definition) is 0. The highest BCUT2D eigenvalue weighted by molar-refractivity contribution is 5.71. The van der Waals surface area contributed by atoms with Crippen LogP contribution in [0.3, 0.4) is 0 Å². The van der Waals surface area contributed by atoms with Crippen molar-refractivity contribution < 1.29 is 28.6 Å². The summed E-state index contributed by atoms with van der Waals surface area (Å²) in [7, 11) is 0. The minimum absolute atomic E-state index is 0.0674. The molecule has 0 spiro atoms. The summed E-state index contributed by atoms with van der Waals surface area (Å²) in [5, 5.41) is 0. The number of rotatable bonds is 37. The van der Waals surface area contributed by atoms with Crippen molar-refractivity contribution in [3.05, 3.63) is 0 Å². The first-order chi connectivity index (χ1) is 23.8. The zero-order valence-corrected chi connectivity index (χ0v) is 33.3. The van der Waals surface area contributed by atoms with Gasteiger partial charge in [-0.3, -0.25) is 14.4 Å². The third-order valence-corrected chi connectivity index (χ3v) is 9.83. The number of esters is 3. The normalized spacial score (nSPS) is 12.6. The zero-order chi connectivity index (χ0) is 36.2. The molecule has 0 fully saturated rings. The summed E-state index contributed by atoms with van der Waals surface area (Å²) in [6.07, 6.45) is 32.6. The fraction of sp³-hybridized carbons (Fsp3) is 0.930. The Hall–Kier alpha value is -1.59. The molecule has 0 amide bonds. The Balaban J connectivity index is 4.21. The highest BCUT2D eigenvalue weighted by atomic mass is 16.6. The Morgan fingerprint density at radius 3 is 1.16 bits per heavy atom. The van der Waals surface area contributed by atoms with E-state index in [0.29, 0.717) is 19.3 Å². The average Bonchev–Trinajstić information content (AvgIpc) is 3.08. The van der Waals surface area contributed by atoms with Gasteiger partial charge in [0.1, 0.15) is 13.2 Å². The van der Waals surface area contributed by atoms with Gasteiger partial charge in [0.2, 0.25) is 0 Å². The first kappa shape index (κ1) is 47.4. The molecule has 2 atom stereocenters. The highest BCUT2D eigenvalue weighted by Gasteiger charge is 2.19. The summed E-state index contributed by atoms with van der Waals surface area (Å²) in [4.78, 5) is 37.3. The van der Waals surface area contributed by atoms with Crippen molar-refractivity contribution in [2.24, 2.45) is 11.8 Å². The van der Waals surface area contributed by atoms with Crippen LogP contribution in [0.25, 0.3) is 0 Å². The molecule has 0 saturated carbocycles. The van der Waals surface area contributed by atoms with Gasteiger partial charge < -0.3 is 14.2 Å². The molecule has 6 heteroatoms. The number of carbonyl (C=O) groups is 3. The Morgan fingerprint density at radius 1 is 0.429 bits per heavy atom. The smallest absolute Gasteiger partial charge is 0.306 e. The Kier molecular flexibility index (Phi) is 35.0. The summed E-state index contributed by atoms with van der Waals surface area (Å²) in [6.45, 7) is 11.2. The van der Waals surface area contributed by atoms with E-state index in [4.69, 9.17) is 14.2 Å². The fourth-order valence-corrected chi connectivity index (χ4v) is 6.19. The van der Waals surface area contributed by atoms with Crippen LogP contribution >= 0.6 is 0 Å². The molecule has 0 rings (SSSR count). The molecule has 6 nitrogen and oxygen atoms in total. The number of unbranched alkanes of at least 4 members (excludes halogenated alkanes) is 21. The van der Waals surface area contributed by atoms with Gasteiger partial charge >= 0.3 is 17.9 Å². The third-order valence-electron chi connectivity index (χ3n) is 9.83. The van der Waals surface area contributed by atoms with Crippen molar-refractivity contribution >= 4 is 17.9 Å². The van der Waals surface area contributed by atoms with Crippen molar-refractivity contribution in [2.45, 2.75) is 233 Å². The van der Waals surface area contributed by atoms with Gasteiger partial charge in [0.15, 0.2) is 6.10 Å². The summed E-state index contributed by atoms with van der Waals surface area (Å²) in [6, 6.07) is 0. The van der Waals surface area contributed by atoms with Crippen molar-refractivity contribution in [2.75, 3.05) is 13.2 Å². The van der Waals surface area contributed by atoms with Crippen LogP contribution in [0.2, 0.25) is 0 Å². The lowest BCUT2D eigenvalue weighted by molar-refractivity contribution is -0.167. The molecule has 0 bridgehead atoms. The van der Waals surface area contributed by atoms with Gasteiger partial charge in [-0.25, -0.2) is 0 Å². The molecule has 0 aromatic carbocycles. The Labute approximate surface area is 304 Å². The molecule has 0 saturated heterocycles. The van der Waals surface area contributed by atoms with Crippen LogP contribution in [0, 0.1) is 11.8 Å². The maximum absolute atomic E-state index is 12.6. The molecule has 0 aromatic heterocycles. The minimum atomic E-state index is -0.758. The fourth-order valence-electron chi connectivity index (χ4n) is 6.19. The zero-order valence-electron chi connectivity index (χ0n) is 33.3. The molecule has 0 aromatic rings. The van der Waals surface area contributed by atoms with Crippen LogP contribution in [0.5, 0.6) is 0 Å². The van der Waals surface area contributed by atoms with Gasteiger partial charge in [-0.05, 0) is 31.1 Å². The van der Waals surface area contributed by atoms with E-state index in [1.807, 2.05) is 0 Å². The molecule has 1 unspecified atom stereocenters. The molecule has 0 aliphatic rings. The van der Waals surface area contributed by atoms with E-state index in [2.05, 4.69) is 34.6 Å².